The first-order chi connectivity index (χ1) is 15.0. The van der Waals surface area contributed by atoms with Gasteiger partial charge in [-0.05, 0) is 74.9 Å². The average molecular weight is 418 g/mol. The van der Waals surface area contributed by atoms with Crippen molar-refractivity contribution in [2.75, 3.05) is 11.5 Å². The highest BCUT2D eigenvalue weighted by Crippen LogP contribution is 2.23. The minimum atomic E-state index is -0.391. The number of benzene rings is 2. The summed E-state index contributed by atoms with van der Waals surface area (Å²) < 4.78 is 10.8. The molecule has 6 heteroatoms. The van der Waals surface area contributed by atoms with Crippen LogP contribution in [0.25, 0.3) is 0 Å². The van der Waals surface area contributed by atoms with E-state index in [9.17, 15) is 9.59 Å². The van der Waals surface area contributed by atoms with Crippen molar-refractivity contribution in [3.63, 3.8) is 0 Å². The van der Waals surface area contributed by atoms with Gasteiger partial charge in [-0.1, -0.05) is 12.1 Å². The number of ether oxygens (including phenoxy) is 2. The number of carbonyl (C=O) groups is 2. The molecule has 0 spiro atoms. The number of hydrogen-bond acceptors (Lipinski definition) is 5. The molecule has 0 fully saturated rings. The van der Waals surface area contributed by atoms with Gasteiger partial charge in [0.25, 0.3) is 5.91 Å². The lowest BCUT2D eigenvalue weighted by Gasteiger charge is -2.23. The number of hydrogen-bond donors (Lipinski definition) is 0. The monoisotopic (exact) mass is 418 g/mol. The van der Waals surface area contributed by atoms with Crippen LogP contribution in [0.2, 0.25) is 0 Å². The van der Waals surface area contributed by atoms with Crippen LogP contribution in [0, 0.1) is 0 Å². The van der Waals surface area contributed by atoms with Gasteiger partial charge < -0.3 is 14.4 Å². The van der Waals surface area contributed by atoms with Gasteiger partial charge in [0.15, 0.2) is 0 Å². The molecule has 3 aromatic rings. The van der Waals surface area contributed by atoms with E-state index in [2.05, 4.69) is 4.98 Å². The lowest BCUT2D eigenvalue weighted by atomic mass is 10.1. The van der Waals surface area contributed by atoms with Gasteiger partial charge in [0.05, 0.1) is 24.8 Å². The molecule has 0 radical (unpaired) electrons. The molecular weight excluding hydrogens is 392 g/mol. The van der Waals surface area contributed by atoms with E-state index < -0.39 is 5.97 Å². The zero-order chi connectivity index (χ0) is 22.2. The van der Waals surface area contributed by atoms with Crippen molar-refractivity contribution < 1.29 is 19.1 Å². The zero-order valence-electron chi connectivity index (χ0n) is 17.9. The maximum Gasteiger partial charge on any atom is 0.338 e. The van der Waals surface area contributed by atoms with Crippen LogP contribution < -0.4 is 9.64 Å². The van der Waals surface area contributed by atoms with Crippen molar-refractivity contribution in [3.8, 4) is 5.75 Å². The minimum absolute atomic E-state index is 0.00673. The molecule has 0 atom stereocenters. The van der Waals surface area contributed by atoms with Gasteiger partial charge >= 0.3 is 5.97 Å². The maximum atomic E-state index is 13.5. The SMILES string of the molecule is CCOC(=O)c1ccc(N(Cc2cccnc2)C(=O)c2cccc(OC(C)C)c2)cc1. The summed E-state index contributed by atoms with van der Waals surface area (Å²) >= 11 is 0. The molecule has 1 amide bonds. The Bertz CT molecular complexity index is 1020. The smallest absolute Gasteiger partial charge is 0.338 e. The number of rotatable bonds is 8. The number of amides is 1. The van der Waals surface area contributed by atoms with Crippen molar-refractivity contribution >= 4 is 17.6 Å². The molecule has 1 aromatic heterocycles. The maximum absolute atomic E-state index is 13.5. The first kappa shape index (κ1) is 22.0. The van der Waals surface area contributed by atoms with Crippen molar-refractivity contribution in [2.24, 2.45) is 0 Å². The second kappa shape index (κ2) is 10.4. The number of pyridine rings is 1. The number of aromatic nitrogens is 1. The summed E-state index contributed by atoms with van der Waals surface area (Å²) in [6, 6.07) is 17.7. The molecule has 0 aliphatic rings. The van der Waals surface area contributed by atoms with Gasteiger partial charge in [-0.2, -0.15) is 0 Å². The Morgan fingerprint density at radius 2 is 1.77 bits per heavy atom. The van der Waals surface area contributed by atoms with Crippen LogP contribution in [-0.2, 0) is 11.3 Å². The van der Waals surface area contributed by atoms with Crippen LogP contribution in [0.3, 0.4) is 0 Å². The Morgan fingerprint density at radius 1 is 1.00 bits per heavy atom. The summed E-state index contributed by atoms with van der Waals surface area (Å²) in [4.78, 5) is 31.2. The van der Waals surface area contributed by atoms with E-state index in [-0.39, 0.29) is 12.0 Å². The normalized spacial score (nSPS) is 10.6. The predicted molar refractivity (Wildman–Crippen MR) is 119 cm³/mol. The van der Waals surface area contributed by atoms with Crippen LogP contribution in [0.5, 0.6) is 5.75 Å². The van der Waals surface area contributed by atoms with Crippen molar-refractivity contribution in [2.45, 2.75) is 33.4 Å². The van der Waals surface area contributed by atoms with Crippen molar-refractivity contribution in [3.05, 3.63) is 89.7 Å². The molecule has 31 heavy (non-hydrogen) atoms. The Balaban J connectivity index is 1.93. The molecule has 0 N–H and O–H groups in total. The van der Waals surface area contributed by atoms with E-state index in [0.717, 1.165) is 5.56 Å². The summed E-state index contributed by atoms with van der Waals surface area (Å²) in [6.45, 7) is 6.28. The molecule has 0 aliphatic heterocycles. The molecule has 0 aliphatic carbocycles. The molecule has 1 heterocycles. The molecule has 6 nitrogen and oxygen atoms in total. The summed E-state index contributed by atoms with van der Waals surface area (Å²) in [5, 5.41) is 0. The van der Waals surface area contributed by atoms with Crippen molar-refractivity contribution in [1.29, 1.82) is 0 Å². The van der Waals surface area contributed by atoms with E-state index >= 15 is 0 Å². The van der Waals surface area contributed by atoms with Crippen LogP contribution >= 0.6 is 0 Å². The highest BCUT2D eigenvalue weighted by atomic mass is 16.5. The summed E-state index contributed by atoms with van der Waals surface area (Å²) in [5.41, 5.74) is 2.50. The minimum Gasteiger partial charge on any atom is -0.491 e. The molecule has 0 unspecified atom stereocenters. The first-order valence-corrected chi connectivity index (χ1v) is 10.2. The topological polar surface area (TPSA) is 68.7 Å². The zero-order valence-corrected chi connectivity index (χ0v) is 17.9. The van der Waals surface area contributed by atoms with Crippen LogP contribution in [0.15, 0.2) is 73.1 Å². The Hall–Kier alpha value is -3.67. The van der Waals surface area contributed by atoms with E-state index in [1.165, 1.54) is 0 Å². The van der Waals surface area contributed by atoms with Crippen LogP contribution in [-0.4, -0.2) is 29.6 Å². The standard InChI is InChI=1S/C25H26N2O4/c1-4-30-25(29)20-10-12-22(13-11-20)27(17-19-7-6-14-26-16-19)24(28)21-8-5-9-23(15-21)31-18(2)3/h5-16,18H,4,17H2,1-3H3. The Kier molecular flexibility index (Phi) is 7.38. The predicted octanol–water partition coefficient (Wildman–Crippen LogP) is 4.89. The number of anilines is 1. The van der Waals surface area contributed by atoms with Gasteiger partial charge in [0.2, 0.25) is 0 Å². The molecular formula is C25H26N2O4. The van der Waals surface area contributed by atoms with E-state index in [4.69, 9.17) is 9.47 Å². The summed E-state index contributed by atoms with van der Waals surface area (Å²) in [7, 11) is 0. The van der Waals surface area contributed by atoms with Gasteiger partial charge in [-0.15, -0.1) is 0 Å². The number of carbonyl (C=O) groups excluding carboxylic acids is 2. The summed E-state index contributed by atoms with van der Waals surface area (Å²) in [6.07, 6.45) is 3.43. The van der Waals surface area contributed by atoms with Crippen LogP contribution in [0.4, 0.5) is 5.69 Å². The second-order valence-corrected chi connectivity index (χ2v) is 7.21. The molecule has 0 saturated heterocycles. The lowest BCUT2D eigenvalue weighted by Crippen LogP contribution is -2.30. The van der Waals surface area contributed by atoms with E-state index in [0.29, 0.717) is 35.7 Å². The molecule has 0 bridgehead atoms. The molecule has 2 aromatic carbocycles. The summed E-state index contributed by atoms with van der Waals surface area (Å²) in [5.74, 6) is 0.0690. The number of esters is 1. The van der Waals surface area contributed by atoms with Gasteiger partial charge in [0, 0.05) is 23.6 Å². The third-order valence-electron chi connectivity index (χ3n) is 4.45. The quantitative estimate of drug-likeness (QED) is 0.487. The largest absolute Gasteiger partial charge is 0.491 e. The fourth-order valence-corrected chi connectivity index (χ4v) is 3.08. The van der Waals surface area contributed by atoms with E-state index in [1.54, 1.807) is 66.7 Å². The van der Waals surface area contributed by atoms with Crippen molar-refractivity contribution in [1.82, 2.24) is 4.98 Å². The fourth-order valence-electron chi connectivity index (χ4n) is 3.08. The van der Waals surface area contributed by atoms with Crippen LogP contribution in [0.1, 0.15) is 47.1 Å². The third kappa shape index (κ3) is 5.92. The average Bonchev–Trinajstić information content (AvgIpc) is 2.78. The lowest BCUT2D eigenvalue weighted by molar-refractivity contribution is 0.0526. The fraction of sp³-hybridized carbons (Fsp3) is 0.240. The van der Waals surface area contributed by atoms with E-state index in [1.807, 2.05) is 32.0 Å². The number of nitrogens with zero attached hydrogens (tertiary/aromatic N) is 2. The van der Waals surface area contributed by atoms with Gasteiger partial charge in [0.1, 0.15) is 5.75 Å². The molecule has 160 valence electrons. The van der Waals surface area contributed by atoms with Gasteiger partial charge in [-0.3, -0.25) is 9.78 Å². The second-order valence-electron chi connectivity index (χ2n) is 7.21. The highest BCUT2D eigenvalue weighted by molar-refractivity contribution is 6.06. The molecule has 0 saturated carbocycles. The third-order valence-corrected chi connectivity index (χ3v) is 4.45. The Morgan fingerprint density at radius 3 is 2.42 bits per heavy atom. The highest BCUT2D eigenvalue weighted by Gasteiger charge is 2.20. The molecule has 3 rings (SSSR count). The Labute approximate surface area is 182 Å². The van der Waals surface area contributed by atoms with Gasteiger partial charge in [-0.25, -0.2) is 4.79 Å². The first-order valence-electron chi connectivity index (χ1n) is 10.2.